The summed E-state index contributed by atoms with van der Waals surface area (Å²) in [4.78, 5) is 13.8. The highest BCUT2D eigenvalue weighted by Gasteiger charge is 2.20. The first-order chi connectivity index (χ1) is 8.24. The average molecular weight is 234 g/mol. The Morgan fingerprint density at radius 1 is 1.41 bits per heavy atom. The summed E-state index contributed by atoms with van der Waals surface area (Å²) < 4.78 is 5.37. The van der Waals surface area contributed by atoms with E-state index in [0.717, 1.165) is 31.6 Å². The zero-order valence-electron chi connectivity index (χ0n) is 10.1. The van der Waals surface area contributed by atoms with Gasteiger partial charge in [-0.1, -0.05) is 18.2 Å². The van der Waals surface area contributed by atoms with Crippen molar-refractivity contribution in [1.82, 2.24) is 4.90 Å². The number of likely N-dealkylation sites (tertiary alicyclic amines) is 1. The Labute approximate surface area is 102 Å². The molecule has 0 aliphatic carbocycles. The second-order valence-electron chi connectivity index (χ2n) is 4.42. The number of hydrogen-bond donors (Lipinski definition) is 1. The predicted molar refractivity (Wildman–Crippen MR) is 67.1 cm³/mol. The SMILES string of the molecule is CN1CCCC(OC(=O)Nc2ccccc2)C1. The molecule has 1 fully saturated rings. The highest BCUT2D eigenvalue weighted by atomic mass is 16.6. The number of amides is 1. The Morgan fingerprint density at radius 2 is 2.18 bits per heavy atom. The number of para-hydroxylation sites is 1. The molecule has 1 saturated heterocycles. The normalized spacial score (nSPS) is 20.9. The smallest absolute Gasteiger partial charge is 0.411 e. The van der Waals surface area contributed by atoms with Gasteiger partial charge in [-0.25, -0.2) is 4.79 Å². The van der Waals surface area contributed by atoms with Crippen LogP contribution in [0.15, 0.2) is 30.3 Å². The molecule has 1 aromatic carbocycles. The molecule has 17 heavy (non-hydrogen) atoms. The maximum Gasteiger partial charge on any atom is 0.411 e. The lowest BCUT2D eigenvalue weighted by molar-refractivity contribution is 0.0593. The molecule has 0 bridgehead atoms. The van der Waals surface area contributed by atoms with Crippen LogP contribution < -0.4 is 5.32 Å². The van der Waals surface area contributed by atoms with E-state index in [9.17, 15) is 4.79 Å². The topological polar surface area (TPSA) is 41.6 Å². The Kier molecular flexibility index (Phi) is 3.98. The molecule has 92 valence electrons. The number of nitrogens with zero attached hydrogens (tertiary/aromatic N) is 1. The van der Waals surface area contributed by atoms with Crippen LogP contribution in [0.4, 0.5) is 10.5 Å². The highest BCUT2D eigenvalue weighted by molar-refractivity contribution is 5.84. The van der Waals surface area contributed by atoms with Gasteiger partial charge in [-0.2, -0.15) is 0 Å². The van der Waals surface area contributed by atoms with Crippen molar-refractivity contribution in [2.24, 2.45) is 0 Å². The van der Waals surface area contributed by atoms with E-state index >= 15 is 0 Å². The molecule has 1 aliphatic rings. The number of piperidine rings is 1. The van der Waals surface area contributed by atoms with Crippen molar-refractivity contribution in [3.05, 3.63) is 30.3 Å². The Hall–Kier alpha value is -1.55. The van der Waals surface area contributed by atoms with Crippen LogP contribution in [0.1, 0.15) is 12.8 Å². The molecule has 2 rings (SSSR count). The number of rotatable bonds is 2. The summed E-state index contributed by atoms with van der Waals surface area (Å²) in [6.45, 7) is 1.91. The third-order valence-electron chi connectivity index (χ3n) is 2.88. The summed E-state index contributed by atoms with van der Waals surface area (Å²) >= 11 is 0. The number of anilines is 1. The minimum absolute atomic E-state index is 0.0115. The first kappa shape index (κ1) is 11.9. The molecule has 4 heteroatoms. The number of likely N-dealkylation sites (N-methyl/N-ethyl adjacent to an activating group) is 1. The molecule has 0 saturated carbocycles. The average Bonchev–Trinajstić information content (AvgIpc) is 2.30. The Bertz CT molecular complexity index is 367. The molecule has 1 heterocycles. The van der Waals surface area contributed by atoms with Gasteiger partial charge >= 0.3 is 6.09 Å². The molecule has 0 radical (unpaired) electrons. The van der Waals surface area contributed by atoms with E-state index in [1.54, 1.807) is 0 Å². The predicted octanol–water partition coefficient (Wildman–Crippen LogP) is 2.33. The lowest BCUT2D eigenvalue weighted by Crippen LogP contribution is -2.38. The molecule has 1 N–H and O–H groups in total. The standard InChI is InChI=1S/C13H18N2O2/c1-15-9-5-8-12(10-15)17-13(16)14-11-6-3-2-4-7-11/h2-4,6-7,12H,5,8-10H2,1H3,(H,14,16). The summed E-state index contributed by atoms with van der Waals surface area (Å²) in [6.07, 6.45) is 1.68. The van der Waals surface area contributed by atoms with Crippen molar-refractivity contribution in [3.63, 3.8) is 0 Å². The quantitative estimate of drug-likeness (QED) is 0.854. The summed E-state index contributed by atoms with van der Waals surface area (Å²) in [7, 11) is 2.05. The Balaban J connectivity index is 1.81. The third kappa shape index (κ3) is 3.75. The zero-order valence-corrected chi connectivity index (χ0v) is 10.1. The van der Waals surface area contributed by atoms with E-state index in [2.05, 4.69) is 10.2 Å². The summed E-state index contributed by atoms with van der Waals surface area (Å²) in [5, 5.41) is 2.72. The van der Waals surface area contributed by atoms with Gasteiger partial charge in [0.1, 0.15) is 6.10 Å². The van der Waals surface area contributed by atoms with Crippen LogP contribution >= 0.6 is 0 Å². The van der Waals surface area contributed by atoms with Gasteiger partial charge in [-0.15, -0.1) is 0 Å². The van der Waals surface area contributed by atoms with Gasteiger partial charge in [0.05, 0.1) is 0 Å². The lowest BCUT2D eigenvalue weighted by atomic mass is 10.1. The second kappa shape index (κ2) is 5.68. The first-order valence-corrected chi connectivity index (χ1v) is 5.95. The number of nitrogens with one attached hydrogen (secondary N) is 1. The van der Waals surface area contributed by atoms with Crippen LogP contribution in [0, 0.1) is 0 Å². The van der Waals surface area contributed by atoms with Gasteiger partial charge in [0.15, 0.2) is 0 Å². The molecular formula is C13H18N2O2. The monoisotopic (exact) mass is 234 g/mol. The maximum absolute atomic E-state index is 11.6. The molecule has 4 nitrogen and oxygen atoms in total. The van der Waals surface area contributed by atoms with E-state index < -0.39 is 0 Å². The molecule has 1 aliphatic heterocycles. The number of hydrogen-bond acceptors (Lipinski definition) is 3. The molecule has 1 atom stereocenters. The summed E-state index contributed by atoms with van der Waals surface area (Å²) in [5.41, 5.74) is 0.765. The molecule has 1 amide bonds. The van der Waals surface area contributed by atoms with Crippen molar-refractivity contribution in [2.45, 2.75) is 18.9 Å². The highest BCUT2D eigenvalue weighted by Crippen LogP contribution is 2.13. The molecule has 0 aromatic heterocycles. The van der Waals surface area contributed by atoms with Gasteiger partial charge in [0.25, 0.3) is 0 Å². The fourth-order valence-electron chi connectivity index (χ4n) is 2.04. The van der Waals surface area contributed by atoms with E-state index in [1.165, 1.54) is 0 Å². The van der Waals surface area contributed by atoms with Crippen LogP contribution in [-0.2, 0) is 4.74 Å². The van der Waals surface area contributed by atoms with Crippen molar-refractivity contribution in [1.29, 1.82) is 0 Å². The van der Waals surface area contributed by atoms with Crippen molar-refractivity contribution < 1.29 is 9.53 Å². The molecule has 0 spiro atoms. The fraction of sp³-hybridized carbons (Fsp3) is 0.462. The van der Waals surface area contributed by atoms with Gasteiger partial charge in [0, 0.05) is 12.2 Å². The van der Waals surface area contributed by atoms with Crippen molar-refractivity contribution in [3.8, 4) is 0 Å². The van der Waals surface area contributed by atoms with Crippen LogP contribution in [0.3, 0.4) is 0 Å². The minimum Gasteiger partial charge on any atom is -0.445 e. The van der Waals surface area contributed by atoms with Gasteiger partial charge < -0.3 is 9.64 Å². The molecule has 1 aromatic rings. The van der Waals surface area contributed by atoms with E-state index in [4.69, 9.17) is 4.74 Å². The second-order valence-corrected chi connectivity index (χ2v) is 4.42. The van der Waals surface area contributed by atoms with Crippen LogP contribution in [0.5, 0.6) is 0 Å². The zero-order chi connectivity index (χ0) is 12.1. The van der Waals surface area contributed by atoms with E-state index in [-0.39, 0.29) is 12.2 Å². The lowest BCUT2D eigenvalue weighted by Gasteiger charge is -2.29. The van der Waals surface area contributed by atoms with Crippen molar-refractivity contribution in [2.75, 3.05) is 25.5 Å². The van der Waals surface area contributed by atoms with Crippen LogP contribution in [0.2, 0.25) is 0 Å². The fourth-order valence-corrected chi connectivity index (χ4v) is 2.04. The van der Waals surface area contributed by atoms with Crippen LogP contribution in [-0.4, -0.2) is 37.2 Å². The van der Waals surface area contributed by atoms with Gasteiger partial charge in [-0.3, -0.25) is 5.32 Å². The van der Waals surface area contributed by atoms with E-state index in [1.807, 2.05) is 37.4 Å². The minimum atomic E-state index is -0.364. The van der Waals surface area contributed by atoms with Gasteiger partial charge in [-0.05, 0) is 38.6 Å². The third-order valence-corrected chi connectivity index (χ3v) is 2.88. The number of ether oxygens (including phenoxy) is 1. The number of carbonyl (C=O) groups is 1. The number of carbonyl (C=O) groups excluding carboxylic acids is 1. The van der Waals surface area contributed by atoms with E-state index in [0.29, 0.717) is 0 Å². The molecule has 1 unspecified atom stereocenters. The van der Waals surface area contributed by atoms with Crippen molar-refractivity contribution >= 4 is 11.8 Å². The first-order valence-electron chi connectivity index (χ1n) is 5.95. The largest absolute Gasteiger partial charge is 0.445 e. The Morgan fingerprint density at radius 3 is 2.88 bits per heavy atom. The van der Waals surface area contributed by atoms with Gasteiger partial charge in [0.2, 0.25) is 0 Å². The molecular weight excluding hydrogens is 216 g/mol. The summed E-state index contributed by atoms with van der Waals surface area (Å²) in [5.74, 6) is 0. The van der Waals surface area contributed by atoms with Crippen LogP contribution in [0.25, 0.3) is 0 Å². The summed E-state index contributed by atoms with van der Waals surface area (Å²) in [6, 6.07) is 9.35. The number of benzene rings is 1. The maximum atomic E-state index is 11.6.